The van der Waals surface area contributed by atoms with Crippen LogP contribution in [0.5, 0.6) is 5.75 Å². The Hall–Kier alpha value is -3.95. The van der Waals surface area contributed by atoms with Crippen LogP contribution in [-0.4, -0.2) is 39.1 Å². The van der Waals surface area contributed by atoms with Gasteiger partial charge in [-0.1, -0.05) is 0 Å². The van der Waals surface area contributed by atoms with Crippen molar-refractivity contribution in [3.05, 3.63) is 77.0 Å². The number of amides is 1. The fourth-order valence-corrected chi connectivity index (χ4v) is 3.92. The molecular formula is C25H20F4N4O2. The first-order chi connectivity index (χ1) is 16.9. The summed E-state index contributed by atoms with van der Waals surface area (Å²) in [4.78, 5) is 18.6. The minimum Gasteiger partial charge on any atom is -0.487 e. The number of carbonyl (C=O) groups is 1. The first-order valence-electron chi connectivity index (χ1n) is 10.9. The van der Waals surface area contributed by atoms with Gasteiger partial charge < -0.3 is 9.64 Å². The molecule has 2 aromatic carbocycles. The minimum atomic E-state index is -0.909. The zero-order valence-corrected chi connectivity index (χ0v) is 18.6. The van der Waals surface area contributed by atoms with Crippen molar-refractivity contribution >= 4 is 16.8 Å². The molecule has 0 spiro atoms. The lowest BCUT2D eigenvalue weighted by Gasteiger charge is -2.20. The van der Waals surface area contributed by atoms with E-state index in [1.165, 1.54) is 36.5 Å². The van der Waals surface area contributed by atoms with Crippen molar-refractivity contribution in [3.63, 3.8) is 0 Å². The van der Waals surface area contributed by atoms with Gasteiger partial charge in [0.1, 0.15) is 18.3 Å². The van der Waals surface area contributed by atoms with Crippen LogP contribution in [0.2, 0.25) is 0 Å². The number of nitrogens with one attached hydrogen (secondary N) is 1. The summed E-state index contributed by atoms with van der Waals surface area (Å²) in [7, 11) is 1.49. The summed E-state index contributed by atoms with van der Waals surface area (Å²) >= 11 is 0. The SMILES string of the molecule is CN(Cc1cnc(CF)c2cn[nH]c12)C(=O)c1ccc(-c2cc(F)cc(F)c2)c(OC2CC2)c1F. The van der Waals surface area contributed by atoms with Crippen molar-refractivity contribution in [2.75, 3.05) is 7.05 Å². The Labute approximate surface area is 197 Å². The molecule has 6 nitrogen and oxygen atoms in total. The quantitative estimate of drug-likeness (QED) is 0.360. The number of halogens is 4. The first-order valence-corrected chi connectivity index (χ1v) is 10.9. The number of aromatic nitrogens is 3. The Morgan fingerprint density at radius 3 is 2.57 bits per heavy atom. The minimum absolute atomic E-state index is 0.0478. The highest BCUT2D eigenvalue weighted by molar-refractivity contribution is 5.96. The second-order valence-corrected chi connectivity index (χ2v) is 8.46. The van der Waals surface area contributed by atoms with Gasteiger partial charge in [-0.15, -0.1) is 0 Å². The molecule has 5 rings (SSSR count). The van der Waals surface area contributed by atoms with Gasteiger partial charge in [0.25, 0.3) is 5.91 Å². The van der Waals surface area contributed by atoms with E-state index in [4.69, 9.17) is 4.74 Å². The van der Waals surface area contributed by atoms with Crippen LogP contribution in [0.15, 0.2) is 42.7 Å². The molecule has 180 valence electrons. The summed E-state index contributed by atoms with van der Waals surface area (Å²) in [5.41, 5.74) is 1.34. The van der Waals surface area contributed by atoms with Gasteiger partial charge in [0, 0.05) is 42.4 Å². The molecule has 35 heavy (non-hydrogen) atoms. The van der Waals surface area contributed by atoms with Gasteiger partial charge in [-0.25, -0.2) is 17.6 Å². The molecule has 1 N–H and O–H groups in total. The number of fused-ring (bicyclic) bond motifs is 1. The normalized spacial score (nSPS) is 13.3. The molecule has 2 aromatic heterocycles. The highest BCUT2D eigenvalue weighted by Crippen LogP contribution is 2.39. The number of H-pyrrole nitrogens is 1. The maximum atomic E-state index is 15.6. The topological polar surface area (TPSA) is 71.1 Å². The van der Waals surface area contributed by atoms with Crippen LogP contribution in [0.25, 0.3) is 22.0 Å². The summed E-state index contributed by atoms with van der Waals surface area (Å²) in [6, 6.07) is 5.56. The van der Waals surface area contributed by atoms with Crippen LogP contribution in [0.4, 0.5) is 17.6 Å². The smallest absolute Gasteiger partial charge is 0.257 e. The number of ether oxygens (including phenoxy) is 1. The molecule has 4 aromatic rings. The maximum absolute atomic E-state index is 15.6. The first kappa shape index (κ1) is 22.8. The Morgan fingerprint density at radius 1 is 1.14 bits per heavy atom. The zero-order chi connectivity index (χ0) is 24.7. The van der Waals surface area contributed by atoms with Crippen molar-refractivity contribution in [1.29, 1.82) is 0 Å². The number of hydrogen-bond donors (Lipinski definition) is 1. The van der Waals surface area contributed by atoms with Gasteiger partial charge >= 0.3 is 0 Å². The number of rotatable bonds is 7. The van der Waals surface area contributed by atoms with Crippen molar-refractivity contribution in [1.82, 2.24) is 20.1 Å². The number of aromatic amines is 1. The lowest BCUT2D eigenvalue weighted by atomic mass is 10.0. The summed E-state index contributed by atoms with van der Waals surface area (Å²) in [6.07, 6.45) is 4.11. The number of hydrogen-bond acceptors (Lipinski definition) is 4. The monoisotopic (exact) mass is 484 g/mol. The lowest BCUT2D eigenvalue weighted by molar-refractivity contribution is 0.0779. The molecule has 10 heteroatoms. The Morgan fingerprint density at radius 2 is 1.89 bits per heavy atom. The maximum Gasteiger partial charge on any atom is 0.257 e. The molecular weight excluding hydrogens is 464 g/mol. The van der Waals surface area contributed by atoms with Crippen molar-refractivity contribution in [3.8, 4) is 16.9 Å². The molecule has 1 fully saturated rings. The average molecular weight is 484 g/mol. The fourth-order valence-electron chi connectivity index (χ4n) is 3.92. The van der Waals surface area contributed by atoms with Gasteiger partial charge in [0.15, 0.2) is 11.6 Å². The molecule has 1 saturated carbocycles. The van der Waals surface area contributed by atoms with E-state index in [1.54, 1.807) is 0 Å². The summed E-state index contributed by atoms with van der Waals surface area (Å²) in [5, 5.41) is 7.21. The average Bonchev–Trinajstić information content (AvgIpc) is 3.51. The van der Waals surface area contributed by atoms with Crippen LogP contribution >= 0.6 is 0 Å². The predicted octanol–water partition coefficient (Wildman–Crippen LogP) is 5.33. The van der Waals surface area contributed by atoms with Crippen molar-refractivity contribution < 1.29 is 27.1 Å². The highest BCUT2D eigenvalue weighted by Gasteiger charge is 2.30. The largest absolute Gasteiger partial charge is 0.487 e. The standard InChI is InChI=1S/C25H20F4N4O2/c1-33(12-14-10-30-21(9-26)20-11-31-32-23(14)20)25(34)19-5-4-18(13-6-15(27)8-16(28)7-13)24(22(19)29)35-17-2-3-17/h4-8,10-11,17H,2-3,9,12H2,1H3,(H,31,32). The van der Waals surface area contributed by atoms with Gasteiger partial charge in [-0.05, 0) is 42.7 Å². The molecule has 0 unspecified atom stereocenters. The molecule has 0 saturated heterocycles. The molecule has 2 heterocycles. The third-order valence-corrected chi connectivity index (χ3v) is 5.84. The Kier molecular flexibility index (Phi) is 5.88. The Bertz CT molecular complexity index is 1410. The van der Waals surface area contributed by atoms with Crippen molar-refractivity contribution in [2.45, 2.75) is 32.2 Å². The summed E-state index contributed by atoms with van der Waals surface area (Å²) < 4.78 is 62.2. The summed E-state index contributed by atoms with van der Waals surface area (Å²) in [6.45, 7) is -0.714. The van der Waals surface area contributed by atoms with Crippen LogP contribution < -0.4 is 4.74 Å². The third-order valence-electron chi connectivity index (χ3n) is 5.84. The zero-order valence-electron chi connectivity index (χ0n) is 18.6. The lowest BCUT2D eigenvalue weighted by Crippen LogP contribution is -2.27. The molecule has 0 atom stereocenters. The molecule has 1 aliphatic rings. The van der Waals surface area contributed by atoms with Gasteiger partial charge in [0.05, 0.1) is 29.1 Å². The van der Waals surface area contributed by atoms with Gasteiger partial charge in [-0.3, -0.25) is 14.9 Å². The number of carbonyl (C=O) groups excluding carboxylic acids is 1. The number of benzene rings is 2. The molecule has 1 amide bonds. The van der Waals surface area contributed by atoms with E-state index >= 15 is 4.39 Å². The highest BCUT2D eigenvalue weighted by atomic mass is 19.1. The van der Waals surface area contributed by atoms with E-state index in [9.17, 15) is 18.0 Å². The van der Waals surface area contributed by atoms with Crippen LogP contribution in [0.3, 0.4) is 0 Å². The number of alkyl halides is 1. The van der Waals surface area contributed by atoms with Crippen LogP contribution in [-0.2, 0) is 13.2 Å². The Balaban J connectivity index is 1.48. The van der Waals surface area contributed by atoms with Crippen LogP contribution in [0.1, 0.15) is 34.5 Å². The molecule has 0 bridgehead atoms. The van der Waals surface area contributed by atoms with E-state index < -0.39 is 30.0 Å². The second-order valence-electron chi connectivity index (χ2n) is 8.46. The number of pyridine rings is 1. The second kappa shape index (κ2) is 9.01. The fraction of sp³-hybridized carbons (Fsp3) is 0.240. The van der Waals surface area contributed by atoms with E-state index in [-0.39, 0.29) is 40.8 Å². The van der Waals surface area contributed by atoms with E-state index in [0.717, 1.165) is 31.0 Å². The third kappa shape index (κ3) is 4.43. The predicted molar refractivity (Wildman–Crippen MR) is 120 cm³/mol. The van der Waals surface area contributed by atoms with E-state index in [0.29, 0.717) is 16.5 Å². The van der Waals surface area contributed by atoms with E-state index in [2.05, 4.69) is 15.2 Å². The van der Waals surface area contributed by atoms with Crippen LogP contribution in [0, 0.1) is 17.5 Å². The summed E-state index contributed by atoms with van der Waals surface area (Å²) in [5.74, 6) is -3.39. The number of nitrogens with zero attached hydrogens (tertiary/aromatic N) is 3. The van der Waals surface area contributed by atoms with Gasteiger partial charge in [-0.2, -0.15) is 5.10 Å². The molecule has 1 aliphatic carbocycles. The van der Waals surface area contributed by atoms with Crippen molar-refractivity contribution in [2.24, 2.45) is 0 Å². The molecule has 0 radical (unpaired) electrons. The van der Waals surface area contributed by atoms with E-state index in [1.807, 2.05) is 0 Å². The van der Waals surface area contributed by atoms with Gasteiger partial charge in [0.2, 0.25) is 0 Å². The molecule has 0 aliphatic heterocycles.